The molecule has 4 saturated carbocycles. The Balaban J connectivity index is 1.20. The van der Waals surface area contributed by atoms with E-state index < -0.39 is 7.14 Å². The maximum atomic E-state index is 15.2. The highest BCUT2D eigenvalue weighted by atomic mass is 31.2. The normalized spacial score (nSPS) is 37.7. The second-order valence-electron chi connectivity index (χ2n) is 15.9. The van der Waals surface area contributed by atoms with Crippen molar-refractivity contribution in [3.05, 3.63) is 60.7 Å². The molecular formula is C39H57OP. The molecule has 4 aliphatic carbocycles. The fourth-order valence-electron chi connectivity index (χ4n) is 11.5. The van der Waals surface area contributed by atoms with Gasteiger partial charge in [0.2, 0.25) is 0 Å². The number of hydrogen-bond acceptors (Lipinski definition) is 1. The lowest BCUT2D eigenvalue weighted by Crippen LogP contribution is -2.54. The monoisotopic (exact) mass is 572 g/mol. The second-order valence-corrected chi connectivity index (χ2v) is 19.0. The van der Waals surface area contributed by atoms with Gasteiger partial charge in [-0.15, -0.1) is 0 Å². The van der Waals surface area contributed by atoms with Crippen LogP contribution in [0, 0.1) is 52.3 Å². The number of rotatable bonds is 8. The zero-order valence-corrected chi connectivity index (χ0v) is 27.6. The molecule has 0 heterocycles. The van der Waals surface area contributed by atoms with Gasteiger partial charge in [-0.1, -0.05) is 115 Å². The zero-order chi connectivity index (χ0) is 28.8. The summed E-state index contributed by atoms with van der Waals surface area (Å²) in [6.45, 7) is 12.8. The SMILES string of the molecule is CC(C)CCC[C@H](C)[C@H]1CC[C@H]2[C@@H]3CC[C@@H]4C[C@@H](P(=O)(c5ccccc5)c5ccccc5)CC[C@]4(C)[C@H]3CC[C@]12C. The quantitative estimate of drug-likeness (QED) is 0.288. The minimum atomic E-state index is -2.69. The van der Waals surface area contributed by atoms with Crippen LogP contribution in [-0.4, -0.2) is 5.66 Å². The minimum absolute atomic E-state index is 0.276. The zero-order valence-electron chi connectivity index (χ0n) is 26.7. The van der Waals surface area contributed by atoms with E-state index >= 15 is 4.57 Å². The molecule has 1 nitrogen and oxygen atoms in total. The summed E-state index contributed by atoms with van der Waals surface area (Å²) in [6.07, 6.45) is 16.4. The molecule has 0 N–H and O–H groups in total. The Morgan fingerprint density at radius 1 is 0.732 bits per heavy atom. The Bertz CT molecular complexity index is 1160. The summed E-state index contributed by atoms with van der Waals surface area (Å²) in [5, 5.41) is 2.14. The molecule has 0 unspecified atom stereocenters. The van der Waals surface area contributed by atoms with Gasteiger partial charge in [0.15, 0.2) is 0 Å². The highest BCUT2D eigenvalue weighted by molar-refractivity contribution is 7.79. The Kier molecular flexibility index (Phi) is 8.44. The highest BCUT2D eigenvalue weighted by Gasteiger charge is 2.61. The van der Waals surface area contributed by atoms with E-state index in [1.807, 2.05) is 0 Å². The molecular weight excluding hydrogens is 515 g/mol. The van der Waals surface area contributed by atoms with Crippen LogP contribution in [0.1, 0.15) is 112 Å². The van der Waals surface area contributed by atoms with Crippen molar-refractivity contribution in [1.29, 1.82) is 0 Å². The van der Waals surface area contributed by atoms with Crippen molar-refractivity contribution in [3.8, 4) is 0 Å². The van der Waals surface area contributed by atoms with E-state index in [4.69, 9.17) is 0 Å². The van der Waals surface area contributed by atoms with Crippen LogP contribution in [0.25, 0.3) is 0 Å². The molecule has 41 heavy (non-hydrogen) atoms. The van der Waals surface area contributed by atoms with Gasteiger partial charge in [0.05, 0.1) is 0 Å². The third-order valence-corrected chi connectivity index (χ3v) is 17.3. The summed E-state index contributed by atoms with van der Waals surface area (Å²) >= 11 is 0. The highest BCUT2D eigenvalue weighted by Crippen LogP contribution is 2.70. The molecule has 9 atom stereocenters. The molecule has 2 aromatic carbocycles. The van der Waals surface area contributed by atoms with Gasteiger partial charge >= 0.3 is 0 Å². The standard InChI is InChI=1S/C39H57OP/c1-28(2)13-12-14-29(3)35-21-22-36-34-20-19-30-27-33(23-25-38(30,4)37(34)24-26-39(35,36)5)41(40,31-15-8-6-9-16-31)32-17-10-7-11-18-32/h6-11,15-18,28-30,33-37H,12-14,19-27H2,1-5H3/t29-,30+,33-,34-,35+,36-,37-,38-,39+/m0/s1. The molecule has 0 saturated heterocycles. The number of fused-ring (bicyclic) bond motifs is 5. The Morgan fingerprint density at radius 3 is 1.98 bits per heavy atom. The summed E-state index contributed by atoms with van der Waals surface area (Å²) in [7, 11) is -2.69. The maximum absolute atomic E-state index is 15.2. The van der Waals surface area contributed by atoms with Crippen LogP contribution in [0.3, 0.4) is 0 Å². The third-order valence-electron chi connectivity index (χ3n) is 13.6. The molecule has 0 radical (unpaired) electrons. The number of hydrogen-bond donors (Lipinski definition) is 0. The van der Waals surface area contributed by atoms with Crippen LogP contribution in [0.5, 0.6) is 0 Å². The minimum Gasteiger partial charge on any atom is -0.313 e. The van der Waals surface area contributed by atoms with Gasteiger partial charge < -0.3 is 4.57 Å². The first-order valence-corrected chi connectivity index (χ1v) is 19.2. The second kappa shape index (κ2) is 11.6. The van der Waals surface area contributed by atoms with E-state index in [-0.39, 0.29) is 5.66 Å². The fraction of sp³-hybridized carbons (Fsp3) is 0.692. The smallest absolute Gasteiger partial charge is 0.146 e. The van der Waals surface area contributed by atoms with Crippen LogP contribution < -0.4 is 10.6 Å². The first-order chi connectivity index (χ1) is 19.7. The molecule has 0 spiro atoms. The van der Waals surface area contributed by atoms with Crippen molar-refractivity contribution < 1.29 is 4.57 Å². The van der Waals surface area contributed by atoms with Gasteiger partial charge in [-0.05, 0) is 110 Å². The van der Waals surface area contributed by atoms with Crippen molar-refractivity contribution in [1.82, 2.24) is 0 Å². The van der Waals surface area contributed by atoms with E-state index in [0.717, 1.165) is 64.9 Å². The average molecular weight is 573 g/mol. The molecule has 4 fully saturated rings. The molecule has 224 valence electrons. The van der Waals surface area contributed by atoms with Gasteiger partial charge in [0.1, 0.15) is 7.14 Å². The molecule has 0 aliphatic heterocycles. The molecule has 0 amide bonds. The third kappa shape index (κ3) is 5.13. The van der Waals surface area contributed by atoms with E-state index in [2.05, 4.69) is 95.3 Å². The van der Waals surface area contributed by atoms with Crippen molar-refractivity contribution >= 4 is 17.8 Å². The van der Waals surface area contributed by atoms with E-state index in [9.17, 15) is 0 Å². The Morgan fingerprint density at radius 2 is 1.34 bits per heavy atom. The predicted molar refractivity (Wildman–Crippen MR) is 177 cm³/mol. The summed E-state index contributed by atoms with van der Waals surface area (Å²) in [5.41, 5.74) is 1.27. The summed E-state index contributed by atoms with van der Waals surface area (Å²) in [6, 6.07) is 21.0. The van der Waals surface area contributed by atoms with Crippen LogP contribution in [0.15, 0.2) is 60.7 Å². The van der Waals surface area contributed by atoms with E-state index in [1.54, 1.807) is 0 Å². The largest absolute Gasteiger partial charge is 0.313 e. The maximum Gasteiger partial charge on any atom is 0.146 e. The van der Waals surface area contributed by atoms with E-state index in [0.29, 0.717) is 10.8 Å². The van der Waals surface area contributed by atoms with Gasteiger partial charge in [-0.3, -0.25) is 0 Å². The van der Waals surface area contributed by atoms with E-state index in [1.165, 1.54) is 64.2 Å². The molecule has 2 heteroatoms. The van der Waals surface area contributed by atoms with Gasteiger partial charge in [-0.25, -0.2) is 0 Å². The molecule has 4 aliphatic rings. The van der Waals surface area contributed by atoms with Crippen LogP contribution in [0.2, 0.25) is 0 Å². The lowest BCUT2D eigenvalue weighted by Gasteiger charge is -2.61. The Hall–Kier alpha value is -1.33. The summed E-state index contributed by atoms with van der Waals surface area (Å²) < 4.78 is 15.2. The first kappa shape index (κ1) is 29.7. The van der Waals surface area contributed by atoms with Crippen molar-refractivity contribution in [2.75, 3.05) is 0 Å². The van der Waals surface area contributed by atoms with Crippen LogP contribution in [0.4, 0.5) is 0 Å². The topological polar surface area (TPSA) is 17.1 Å². The van der Waals surface area contributed by atoms with Crippen molar-refractivity contribution in [2.24, 2.45) is 52.3 Å². The van der Waals surface area contributed by atoms with Gasteiger partial charge in [0.25, 0.3) is 0 Å². The fourth-order valence-corrected chi connectivity index (χ4v) is 14.9. The average Bonchev–Trinajstić information content (AvgIpc) is 3.34. The lowest BCUT2D eigenvalue weighted by molar-refractivity contribution is -0.113. The molecule has 6 rings (SSSR count). The van der Waals surface area contributed by atoms with Crippen molar-refractivity contribution in [3.63, 3.8) is 0 Å². The molecule has 0 aromatic heterocycles. The summed E-state index contributed by atoms with van der Waals surface area (Å²) in [5.74, 6) is 6.12. The van der Waals surface area contributed by atoms with Crippen LogP contribution >= 0.6 is 7.14 Å². The predicted octanol–water partition coefficient (Wildman–Crippen LogP) is 10.5. The van der Waals surface area contributed by atoms with Crippen molar-refractivity contribution in [2.45, 2.75) is 117 Å². The van der Waals surface area contributed by atoms with Gasteiger partial charge in [-0.2, -0.15) is 0 Å². The first-order valence-electron chi connectivity index (χ1n) is 17.4. The summed E-state index contributed by atoms with van der Waals surface area (Å²) in [4.78, 5) is 0. The molecule has 0 bridgehead atoms. The van der Waals surface area contributed by atoms with Crippen LogP contribution in [-0.2, 0) is 4.57 Å². The molecule has 2 aromatic rings. The number of benzene rings is 2. The lowest BCUT2D eigenvalue weighted by atomic mass is 9.44. The Labute approximate surface area is 252 Å². The van der Waals surface area contributed by atoms with Gasteiger partial charge in [0, 0.05) is 16.3 Å².